The number of aromatic nitrogens is 2. The van der Waals surface area contributed by atoms with Crippen molar-refractivity contribution in [2.75, 3.05) is 29.0 Å². The molecule has 1 atom stereocenters. The summed E-state index contributed by atoms with van der Waals surface area (Å²) in [5.74, 6) is 1.78. The van der Waals surface area contributed by atoms with Crippen molar-refractivity contribution in [3.8, 4) is 5.75 Å². The van der Waals surface area contributed by atoms with E-state index in [0.717, 1.165) is 61.2 Å². The summed E-state index contributed by atoms with van der Waals surface area (Å²) in [6.07, 6.45) is 5.69. The molecule has 150 valence electrons. The molecule has 0 radical (unpaired) electrons. The number of nitrogens with zero attached hydrogens (tertiary/aromatic N) is 3. The SMILES string of the molecule is Nc1nc(N2CCCCC2)nc2c1[C@@H](c1ccc(O)cc1)C1=C(CCCC1=O)N2. The fraction of sp³-hybridized carbons (Fsp3) is 0.409. The standard InChI is InChI=1S/C22H25N5O2/c23-20-19-17(13-7-9-14(28)10-8-13)18-15(5-4-6-16(18)29)24-21(19)26-22(25-20)27-11-2-1-3-12-27/h7-10,17,28H,1-6,11-12H2,(H3,23,24,25,26)/t17-/m0/s1. The van der Waals surface area contributed by atoms with Gasteiger partial charge in [-0.2, -0.15) is 9.97 Å². The minimum atomic E-state index is -0.315. The molecule has 0 amide bonds. The third-order valence-corrected chi connectivity index (χ3v) is 6.13. The molecule has 1 aliphatic carbocycles. The first-order valence-corrected chi connectivity index (χ1v) is 10.4. The van der Waals surface area contributed by atoms with Crippen molar-refractivity contribution in [3.05, 3.63) is 46.7 Å². The van der Waals surface area contributed by atoms with Gasteiger partial charge in [0.2, 0.25) is 5.95 Å². The normalized spacial score (nSPS) is 21.4. The molecule has 0 bridgehead atoms. The highest BCUT2D eigenvalue weighted by Gasteiger charge is 2.38. The van der Waals surface area contributed by atoms with Crippen LogP contribution in [0.1, 0.15) is 55.6 Å². The third-order valence-electron chi connectivity index (χ3n) is 6.13. The van der Waals surface area contributed by atoms with Crippen LogP contribution in [0.15, 0.2) is 35.5 Å². The molecule has 1 saturated heterocycles. The molecular weight excluding hydrogens is 366 g/mol. The first kappa shape index (κ1) is 18.0. The molecular formula is C22H25N5O2. The number of nitrogens with one attached hydrogen (secondary N) is 1. The molecule has 0 spiro atoms. The van der Waals surface area contributed by atoms with Gasteiger partial charge in [0.1, 0.15) is 17.4 Å². The quantitative estimate of drug-likeness (QED) is 0.721. The Kier molecular flexibility index (Phi) is 4.38. The monoisotopic (exact) mass is 391 g/mol. The lowest BCUT2D eigenvalue weighted by atomic mass is 9.76. The van der Waals surface area contributed by atoms with Crippen molar-refractivity contribution in [1.82, 2.24) is 9.97 Å². The maximum absolute atomic E-state index is 12.9. The average molecular weight is 391 g/mol. The maximum atomic E-state index is 12.9. The van der Waals surface area contributed by atoms with Crippen LogP contribution in [0.25, 0.3) is 0 Å². The predicted octanol–water partition coefficient (Wildman–Crippen LogP) is 3.32. The number of piperidine rings is 1. The Labute approximate surface area is 169 Å². The second-order valence-electron chi connectivity index (χ2n) is 8.04. The van der Waals surface area contributed by atoms with E-state index in [2.05, 4.69) is 15.2 Å². The Morgan fingerprint density at radius 2 is 1.79 bits per heavy atom. The summed E-state index contributed by atoms with van der Waals surface area (Å²) >= 11 is 0. The predicted molar refractivity (Wildman–Crippen MR) is 112 cm³/mol. The summed E-state index contributed by atoms with van der Waals surface area (Å²) < 4.78 is 0. The fourth-order valence-electron chi connectivity index (χ4n) is 4.71. The molecule has 5 rings (SSSR count). The molecule has 29 heavy (non-hydrogen) atoms. The second-order valence-corrected chi connectivity index (χ2v) is 8.04. The van der Waals surface area contributed by atoms with E-state index < -0.39 is 0 Å². The van der Waals surface area contributed by atoms with Crippen molar-refractivity contribution >= 4 is 23.4 Å². The van der Waals surface area contributed by atoms with Crippen molar-refractivity contribution < 1.29 is 9.90 Å². The summed E-state index contributed by atoms with van der Waals surface area (Å²) in [5, 5.41) is 13.1. The molecule has 1 fully saturated rings. The zero-order valence-corrected chi connectivity index (χ0v) is 16.3. The Morgan fingerprint density at radius 1 is 1.03 bits per heavy atom. The molecule has 7 heteroatoms. The highest BCUT2D eigenvalue weighted by Crippen LogP contribution is 2.47. The van der Waals surface area contributed by atoms with Gasteiger partial charge < -0.3 is 21.1 Å². The number of ketones is 1. The molecule has 2 aliphatic heterocycles. The van der Waals surface area contributed by atoms with E-state index >= 15 is 0 Å². The maximum Gasteiger partial charge on any atom is 0.229 e. The number of hydrogen-bond acceptors (Lipinski definition) is 7. The minimum Gasteiger partial charge on any atom is -0.508 e. The van der Waals surface area contributed by atoms with Crippen LogP contribution in [0.4, 0.5) is 17.6 Å². The van der Waals surface area contributed by atoms with Gasteiger partial charge in [-0.1, -0.05) is 12.1 Å². The lowest BCUT2D eigenvalue weighted by Gasteiger charge is -2.35. The van der Waals surface area contributed by atoms with Gasteiger partial charge in [0.05, 0.1) is 0 Å². The molecule has 1 aromatic carbocycles. The largest absolute Gasteiger partial charge is 0.508 e. The third kappa shape index (κ3) is 3.10. The lowest BCUT2D eigenvalue weighted by molar-refractivity contribution is -0.116. The number of phenols is 1. The van der Waals surface area contributed by atoms with Crippen molar-refractivity contribution in [3.63, 3.8) is 0 Å². The molecule has 3 heterocycles. The number of anilines is 3. The molecule has 4 N–H and O–H groups in total. The van der Waals surface area contributed by atoms with Crippen LogP contribution in [0.3, 0.4) is 0 Å². The number of Topliss-reactive ketones (excluding diaryl/α,β-unsaturated/α-hetero) is 1. The highest BCUT2D eigenvalue weighted by atomic mass is 16.3. The van der Waals surface area contributed by atoms with Crippen LogP contribution >= 0.6 is 0 Å². The van der Waals surface area contributed by atoms with Crippen LogP contribution in [-0.2, 0) is 4.79 Å². The van der Waals surface area contributed by atoms with Gasteiger partial charge >= 0.3 is 0 Å². The molecule has 3 aliphatic rings. The van der Waals surface area contributed by atoms with E-state index in [4.69, 9.17) is 10.7 Å². The van der Waals surface area contributed by atoms with Gasteiger partial charge in [0, 0.05) is 42.3 Å². The van der Waals surface area contributed by atoms with E-state index in [9.17, 15) is 9.90 Å². The summed E-state index contributed by atoms with van der Waals surface area (Å²) in [4.78, 5) is 24.5. The first-order valence-electron chi connectivity index (χ1n) is 10.4. The van der Waals surface area contributed by atoms with E-state index in [1.54, 1.807) is 12.1 Å². The van der Waals surface area contributed by atoms with Gasteiger partial charge in [-0.3, -0.25) is 4.79 Å². The van der Waals surface area contributed by atoms with Gasteiger partial charge in [0.25, 0.3) is 0 Å². The topological polar surface area (TPSA) is 104 Å². The first-order chi connectivity index (χ1) is 14.1. The number of aromatic hydroxyl groups is 1. The van der Waals surface area contributed by atoms with Gasteiger partial charge in [-0.05, 0) is 49.8 Å². The van der Waals surface area contributed by atoms with Gasteiger partial charge in [-0.15, -0.1) is 0 Å². The van der Waals surface area contributed by atoms with Crippen LogP contribution in [0.5, 0.6) is 5.75 Å². The summed E-state index contributed by atoms with van der Waals surface area (Å²) in [6, 6.07) is 6.98. The van der Waals surface area contributed by atoms with E-state index in [-0.39, 0.29) is 17.5 Å². The van der Waals surface area contributed by atoms with Crippen LogP contribution < -0.4 is 16.0 Å². The zero-order valence-electron chi connectivity index (χ0n) is 16.3. The number of rotatable bonds is 2. The van der Waals surface area contributed by atoms with E-state index in [1.165, 1.54) is 6.42 Å². The Bertz CT molecular complexity index is 993. The minimum absolute atomic E-state index is 0.141. The Balaban J connectivity index is 1.65. The van der Waals surface area contributed by atoms with Crippen molar-refractivity contribution in [2.24, 2.45) is 0 Å². The number of carbonyl (C=O) groups excluding carboxylic acids is 1. The average Bonchev–Trinajstić information content (AvgIpc) is 2.74. The van der Waals surface area contributed by atoms with Crippen LogP contribution in [-0.4, -0.2) is 33.9 Å². The Hall–Kier alpha value is -3.09. The number of allylic oxidation sites excluding steroid dienone is 2. The van der Waals surface area contributed by atoms with Crippen LogP contribution in [0.2, 0.25) is 0 Å². The van der Waals surface area contributed by atoms with E-state index in [1.807, 2.05) is 12.1 Å². The number of nitrogens with two attached hydrogens (primary N) is 1. The summed E-state index contributed by atoms with van der Waals surface area (Å²) in [5.41, 5.74) is 9.84. The number of fused-ring (bicyclic) bond motifs is 1. The smallest absolute Gasteiger partial charge is 0.229 e. The number of carbonyl (C=O) groups is 1. The molecule has 0 unspecified atom stereocenters. The fourth-order valence-corrected chi connectivity index (χ4v) is 4.71. The van der Waals surface area contributed by atoms with Crippen LogP contribution in [0, 0.1) is 0 Å². The molecule has 0 saturated carbocycles. The zero-order chi connectivity index (χ0) is 20.0. The summed E-state index contributed by atoms with van der Waals surface area (Å²) in [6.45, 7) is 1.87. The highest BCUT2D eigenvalue weighted by molar-refractivity contribution is 6.01. The molecule has 1 aromatic heterocycles. The van der Waals surface area contributed by atoms with Gasteiger partial charge in [0.15, 0.2) is 5.78 Å². The second kappa shape index (κ2) is 7.06. The van der Waals surface area contributed by atoms with E-state index in [0.29, 0.717) is 24.0 Å². The number of phenolic OH excluding ortho intramolecular Hbond substituents is 1. The summed E-state index contributed by atoms with van der Waals surface area (Å²) in [7, 11) is 0. The lowest BCUT2D eigenvalue weighted by Crippen LogP contribution is -2.33. The van der Waals surface area contributed by atoms with Crippen molar-refractivity contribution in [2.45, 2.75) is 44.4 Å². The molecule has 7 nitrogen and oxygen atoms in total. The van der Waals surface area contributed by atoms with Crippen molar-refractivity contribution in [1.29, 1.82) is 0 Å². The number of benzene rings is 1. The number of hydrogen-bond donors (Lipinski definition) is 3. The number of nitrogen functional groups attached to an aromatic ring is 1. The Morgan fingerprint density at radius 3 is 2.55 bits per heavy atom. The molecule has 2 aromatic rings. The van der Waals surface area contributed by atoms with Gasteiger partial charge in [-0.25, -0.2) is 0 Å².